The van der Waals surface area contributed by atoms with Crippen LogP contribution in [-0.2, 0) is 5.54 Å². The van der Waals surface area contributed by atoms with Crippen molar-refractivity contribution in [2.75, 3.05) is 0 Å². The summed E-state index contributed by atoms with van der Waals surface area (Å²) >= 11 is 5.83. The Hall–Kier alpha value is -0.240. The third kappa shape index (κ3) is 3.18. The molecule has 1 aromatic rings. The molecule has 74 valence electrons. The molecule has 0 radical (unpaired) electrons. The van der Waals surface area contributed by atoms with Gasteiger partial charge in [-0.1, -0.05) is 17.7 Å². The highest BCUT2D eigenvalue weighted by atomic mass is 35.5. The van der Waals surface area contributed by atoms with Crippen LogP contribution in [0.1, 0.15) is 25.0 Å². The van der Waals surface area contributed by atoms with E-state index in [1.807, 2.05) is 39.0 Å². The Morgan fingerprint density at radius 1 is 1.31 bits per heavy atom. The highest BCUT2D eigenvalue weighted by Gasteiger charge is 2.15. The molecule has 0 saturated carbocycles. The summed E-state index contributed by atoms with van der Waals surface area (Å²) in [5.74, 6) is 0. The molecule has 1 aromatic carbocycles. The number of halogens is 2. The van der Waals surface area contributed by atoms with Gasteiger partial charge < -0.3 is 5.73 Å². The molecular formula is C10H15Cl2N. The van der Waals surface area contributed by atoms with Crippen LogP contribution in [0.4, 0.5) is 0 Å². The van der Waals surface area contributed by atoms with Crippen molar-refractivity contribution in [3.63, 3.8) is 0 Å². The van der Waals surface area contributed by atoms with Gasteiger partial charge in [-0.05, 0) is 44.0 Å². The number of aryl methyl sites for hydroxylation is 1. The van der Waals surface area contributed by atoms with E-state index in [9.17, 15) is 0 Å². The highest BCUT2D eigenvalue weighted by Crippen LogP contribution is 2.23. The van der Waals surface area contributed by atoms with Crippen LogP contribution in [0.25, 0.3) is 0 Å². The summed E-state index contributed by atoms with van der Waals surface area (Å²) in [5.41, 5.74) is 7.97. The Kier molecular flexibility index (Phi) is 4.24. The lowest BCUT2D eigenvalue weighted by atomic mass is 9.92. The zero-order valence-corrected chi connectivity index (χ0v) is 9.67. The average molecular weight is 220 g/mol. The molecule has 0 saturated heterocycles. The molecule has 0 spiro atoms. The first kappa shape index (κ1) is 12.8. The summed E-state index contributed by atoms with van der Waals surface area (Å²) in [6.45, 7) is 6.00. The van der Waals surface area contributed by atoms with Crippen molar-refractivity contribution in [3.05, 3.63) is 34.3 Å². The third-order valence-corrected chi connectivity index (χ3v) is 2.12. The van der Waals surface area contributed by atoms with Crippen LogP contribution in [0.5, 0.6) is 0 Å². The Bertz CT molecular complexity index is 289. The van der Waals surface area contributed by atoms with E-state index in [0.717, 1.165) is 16.1 Å². The maximum atomic E-state index is 5.96. The van der Waals surface area contributed by atoms with Crippen LogP contribution in [0, 0.1) is 6.92 Å². The number of hydrogen-bond donors (Lipinski definition) is 1. The van der Waals surface area contributed by atoms with Crippen molar-refractivity contribution in [2.45, 2.75) is 26.3 Å². The van der Waals surface area contributed by atoms with E-state index in [4.69, 9.17) is 17.3 Å². The van der Waals surface area contributed by atoms with Crippen LogP contribution in [0.3, 0.4) is 0 Å². The van der Waals surface area contributed by atoms with Crippen molar-refractivity contribution in [1.82, 2.24) is 0 Å². The van der Waals surface area contributed by atoms with E-state index in [0.29, 0.717) is 0 Å². The molecule has 0 aromatic heterocycles. The molecule has 0 heterocycles. The summed E-state index contributed by atoms with van der Waals surface area (Å²) < 4.78 is 0. The molecule has 0 aliphatic carbocycles. The zero-order chi connectivity index (χ0) is 9.35. The molecule has 0 atom stereocenters. The Labute approximate surface area is 90.7 Å². The van der Waals surface area contributed by atoms with E-state index >= 15 is 0 Å². The van der Waals surface area contributed by atoms with Crippen molar-refractivity contribution in [2.24, 2.45) is 5.73 Å². The standard InChI is InChI=1S/C10H14ClN.ClH/c1-7-6-8(11)4-5-9(7)10(2,3)12;/h4-6H,12H2,1-3H3;1H. The van der Waals surface area contributed by atoms with Gasteiger partial charge in [0.25, 0.3) is 0 Å². The third-order valence-electron chi connectivity index (χ3n) is 1.88. The van der Waals surface area contributed by atoms with Gasteiger partial charge in [-0.25, -0.2) is 0 Å². The van der Waals surface area contributed by atoms with Crippen molar-refractivity contribution in [1.29, 1.82) is 0 Å². The minimum atomic E-state index is -0.283. The van der Waals surface area contributed by atoms with E-state index in [1.165, 1.54) is 0 Å². The van der Waals surface area contributed by atoms with Gasteiger partial charge in [-0.2, -0.15) is 0 Å². The topological polar surface area (TPSA) is 26.0 Å². The van der Waals surface area contributed by atoms with E-state index in [1.54, 1.807) is 0 Å². The maximum Gasteiger partial charge on any atom is 0.0408 e. The molecule has 0 unspecified atom stereocenters. The van der Waals surface area contributed by atoms with Crippen LogP contribution < -0.4 is 5.73 Å². The van der Waals surface area contributed by atoms with Gasteiger partial charge in [0.1, 0.15) is 0 Å². The van der Waals surface area contributed by atoms with E-state index in [2.05, 4.69) is 0 Å². The smallest absolute Gasteiger partial charge is 0.0408 e. The largest absolute Gasteiger partial charge is 0.322 e. The van der Waals surface area contributed by atoms with Gasteiger partial charge in [0, 0.05) is 10.6 Å². The van der Waals surface area contributed by atoms with Crippen LogP contribution in [0.2, 0.25) is 5.02 Å². The highest BCUT2D eigenvalue weighted by molar-refractivity contribution is 6.30. The van der Waals surface area contributed by atoms with E-state index in [-0.39, 0.29) is 17.9 Å². The lowest BCUT2D eigenvalue weighted by Crippen LogP contribution is -2.29. The number of hydrogen-bond acceptors (Lipinski definition) is 1. The van der Waals surface area contributed by atoms with Gasteiger partial charge in [-0.3, -0.25) is 0 Å². The number of benzene rings is 1. The molecule has 0 bridgehead atoms. The van der Waals surface area contributed by atoms with E-state index < -0.39 is 0 Å². The molecule has 2 N–H and O–H groups in total. The molecule has 3 heteroatoms. The van der Waals surface area contributed by atoms with Gasteiger partial charge in [0.05, 0.1) is 0 Å². The fourth-order valence-electron chi connectivity index (χ4n) is 1.35. The molecule has 0 fully saturated rings. The van der Waals surface area contributed by atoms with Gasteiger partial charge in [0.2, 0.25) is 0 Å². The minimum Gasteiger partial charge on any atom is -0.322 e. The quantitative estimate of drug-likeness (QED) is 0.772. The van der Waals surface area contributed by atoms with Gasteiger partial charge >= 0.3 is 0 Å². The molecule has 0 aliphatic rings. The van der Waals surface area contributed by atoms with Crippen molar-refractivity contribution < 1.29 is 0 Å². The first-order chi connectivity index (χ1) is 5.41. The monoisotopic (exact) mass is 219 g/mol. The zero-order valence-electron chi connectivity index (χ0n) is 8.10. The first-order valence-electron chi connectivity index (χ1n) is 3.97. The summed E-state index contributed by atoms with van der Waals surface area (Å²) in [4.78, 5) is 0. The summed E-state index contributed by atoms with van der Waals surface area (Å²) in [6, 6.07) is 5.79. The SMILES string of the molecule is Cc1cc(Cl)ccc1C(C)(C)N.Cl. The lowest BCUT2D eigenvalue weighted by molar-refractivity contribution is 0.551. The molecule has 0 amide bonds. The lowest BCUT2D eigenvalue weighted by Gasteiger charge is -2.21. The Morgan fingerprint density at radius 2 is 1.85 bits per heavy atom. The van der Waals surface area contributed by atoms with Crippen LogP contribution in [-0.4, -0.2) is 0 Å². The Balaban J connectivity index is 0.00000144. The fourth-order valence-corrected chi connectivity index (χ4v) is 1.58. The fraction of sp³-hybridized carbons (Fsp3) is 0.400. The van der Waals surface area contributed by atoms with Gasteiger partial charge in [0.15, 0.2) is 0 Å². The van der Waals surface area contributed by atoms with Crippen LogP contribution in [0.15, 0.2) is 18.2 Å². The van der Waals surface area contributed by atoms with Gasteiger partial charge in [-0.15, -0.1) is 12.4 Å². The van der Waals surface area contributed by atoms with Crippen molar-refractivity contribution in [3.8, 4) is 0 Å². The molecule has 13 heavy (non-hydrogen) atoms. The van der Waals surface area contributed by atoms with Crippen LogP contribution >= 0.6 is 24.0 Å². The molecule has 1 rings (SSSR count). The second kappa shape index (κ2) is 4.32. The first-order valence-corrected chi connectivity index (χ1v) is 4.34. The molecule has 0 aliphatic heterocycles. The van der Waals surface area contributed by atoms with Crippen molar-refractivity contribution >= 4 is 24.0 Å². The predicted octanol–water partition coefficient (Wildman–Crippen LogP) is 3.26. The number of nitrogens with two attached hydrogens (primary N) is 1. The Morgan fingerprint density at radius 3 is 2.23 bits per heavy atom. The maximum absolute atomic E-state index is 5.96. The molecular weight excluding hydrogens is 205 g/mol. The summed E-state index contributed by atoms with van der Waals surface area (Å²) in [5, 5.41) is 0.764. The number of rotatable bonds is 1. The second-order valence-corrected chi connectivity index (χ2v) is 4.12. The average Bonchev–Trinajstić information content (AvgIpc) is 1.83. The normalized spacial score (nSPS) is 10.8. The predicted molar refractivity (Wildman–Crippen MR) is 60.7 cm³/mol. The molecule has 1 nitrogen and oxygen atoms in total. The summed E-state index contributed by atoms with van der Waals surface area (Å²) in [6.07, 6.45) is 0. The minimum absolute atomic E-state index is 0. The summed E-state index contributed by atoms with van der Waals surface area (Å²) in [7, 11) is 0. The second-order valence-electron chi connectivity index (χ2n) is 3.68.